The van der Waals surface area contributed by atoms with E-state index in [1.807, 2.05) is 19.9 Å². The first-order chi connectivity index (χ1) is 11.8. The van der Waals surface area contributed by atoms with Gasteiger partial charge >= 0.3 is 0 Å². The molecule has 0 heterocycles. The lowest BCUT2D eigenvalue weighted by molar-refractivity contribution is 0.560. The molecule has 2 atom stereocenters. The normalized spacial score (nSPS) is 16.9. The van der Waals surface area contributed by atoms with E-state index in [1.165, 1.54) is 24.0 Å². The molecule has 0 bridgehead atoms. The predicted molar refractivity (Wildman–Crippen MR) is 112 cm³/mol. The van der Waals surface area contributed by atoms with Crippen LogP contribution in [0.5, 0.6) is 0 Å². The van der Waals surface area contributed by atoms with E-state index in [1.54, 1.807) is 0 Å². The fraction of sp³-hybridized carbons (Fsp3) is 0.542. The molecule has 1 N–H and O–H groups in total. The van der Waals surface area contributed by atoms with E-state index in [4.69, 9.17) is 5.41 Å². The molecule has 1 aliphatic rings. The van der Waals surface area contributed by atoms with Crippen LogP contribution >= 0.6 is 0 Å². The molecule has 1 heteroatoms. The molecule has 0 spiro atoms. The first kappa shape index (κ1) is 21.2. The molecule has 0 aliphatic heterocycles. The molecule has 1 rings (SSSR count). The summed E-state index contributed by atoms with van der Waals surface area (Å²) in [7, 11) is 0. The Hall–Kier alpha value is -1.81. The highest BCUT2D eigenvalue weighted by atomic mass is 14.4. The zero-order valence-electron chi connectivity index (χ0n) is 16.6. The molecule has 0 aromatic rings. The molecule has 0 amide bonds. The summed E-state index contributed by atoms with van der Waals surface area (Å²) in [5.74, 6) is 7.68. The van der Waals surface area contributed by atoms with Crippen LogP contribution in [0.1, 0.15) is 66.2 Å². The standard InChI is InChI=1S/C24H35N/c1-7-10-23(21(6)25)14-13-19(4)17-24(18(2)3)12-9-8-11-20(5)22-15-16-22/h8,11,17,22-25H,2,5,7,10,13-16H2,1,3-4,6H3/b11-8-,19-17-,25-21?. The van der Waals surface area contributed by atoms with Gasteiger partial charge in [0.05, 0.1) is 5.92 Å². The molecule has 0 aromatic heterocycles. The van der Waals surface area contributed by atoms with Crippen molar-refractivity contribution < 1.29 is 0 Å². The summed E-state index contributed by atoms with van der Waals surface area (Å²) in [5.41, 5.74) is 4.44. The molecule has 0 saturated heterocycles. The molecule has 1 aliphatic carbocycles. The lowest BCUT2D eigenvalue weighted by atomic mass is 9.90. The zero-order chi connectivity index (χ0) is 18.8. The van der Waals surface area contributed by atoms with Crippen molar-refractivity contribution in [1.82, 2.24) is 0 Å². The highest BCUT2D eigenvalue weighted by Gasteiger charge is 2.22. The average molecular weight is 338 g/mol. The molecular weight excluding hydrogens is 302 g/mol. The van der Waals surface area contributed by atoms with E-state index in [0.29, 0.717) is 11.8 Å². The average Bonchev–Trinajstić information content (AvgIpc) is 3.38. The summed E-state index contributed by atoms with van der Waals surface area (Å²) in [6, 6.07) is 0. The topological polar surface area (TPSA) is 23.9 Å². The van der Waals surface area contributed by atoms with Crippen LogP contribution in [0.2, 0.25) is 0 Å². The summed E-state index contributed by atoms with van der Waals surface area (Å²) in [6.45, 7) is 16.5. The predicted octanol–water partition coefficient (Wildman–Crippen LogP) is 6.89. The Balaban J connectivity index is 2.62. The molecule has 136 valence electrons. The quantitative estimate of drug-likeness (QED) is 0.194. The first-order valence-electron chi connectivity index (χ1n) is 9.59. The highest BCUT2D eigenvalue weighted by molar-refractivity contribution is 5.81. The van der Waals surface area contributed by atoms with Gasteiger partial charge in [0.25, 0.3) is 0 Å². The Morgan fingerprint density at radius 3 is 2.40 bits per heavy atom. The Bertz CT molecular complexity index is 602. The fourth-order valence-electron chi connectivity index (χ4n) is 2.88. The van der Waals surface area contributed by atoms with Crippen LogP contribution in [-0.4, -0.2) is 5.71 Å². The Morgan fingerprint density at radius 1 is 1.20 bits per heavy atom. The van der Waals surface area contributed by atoms with Gasteiger partial charge in [-0.2, -0.15) is 0 Å². The van der Waals surface area contributed by atoms with Crippen LogP contribution in [0, 0.1) is 35.0 Å². The van der Waals surface area contributed by atoms with Crippen molar-refractivity contribution in [3.63, 3.8) is 0 Å². The number of hydrogen-bond donors (Lipinski definition) is 1. The van der Waals surface area contributed by atoms with Crippen molar-refractivity contribution in [3.05, 3.63) is 48.1 Å². The maximum Gasteiger partial charge on any atom is 0.0593 e. The maximum absolute atomic E-state index is 7.92. The van der Waals surface area contributed by atoms with Crippen LogP contribution in [-0.2, 0) is 0 Å². The summed E-state index contributed by atoms with van der Waals surface area (Å²) in [6.07, 6.45) is 13.1. The maximum atomic E-state index is 7.92. The van der Waals surface area contributed by atoms with Gasteiger partial charge in [-0.05, 0) is 70.8 Å². The molecule has 1 fully saturated rings. The van der Waals surface area contributed by atoms with Crippen molar-refractivity contribution >= 4 is 5.71 Å². The summed E-state index contributed by atoms with van der Waals surface area (Å²) in [4.78, 5) is 0. The lowest BCUT2D eigenvalue weighted by Gasteiger charge is -2.15. The van der Waals surface area contributed by atoms with Gasteiger partial charge in [-0.3, -0.25) is 0 Å². The van der Waals surface area contributed by atoms with E-state index in [9.17, 15) is 0 Å². The van der Waals surface area contributed by atoms with Gasteiger partial charge in [-0.1, -0.05) is 67.2 Å². The summed E-state index contributed by atoms with van der Waals surface area (Å²) < 4.78 is 0. The number of rotatable bonds is 10. The first-order valence-corrected chi connectivity index (χ1v) is 9.59. The minimum atomic E-state index is 0.101. The monoisotopic (exact) mass is 337 g/mol. The van der Waals surface area contributed by atoms with Crippen LogP contribution in [0.3, 0.4) is 0 Å². The third-order valence-electron chi connectivity index (χ3n) is 4.84. The minimum Gasteiger partial charge on any atom is -0.310 e. The van der Waals surface area contributed by atoms with Crippen LogP contribution in [0.4, 0.5) is 0 Å². The van der Waals surface area contributed by atoms with E-state index in [-0.39, 0.29) is 5.92 Å². The largest absolute Gasteiger partial charge is 0.310 e. The van der Waals surface area contributed by atoms with E-state index < -0.39 is 0 Å². The van der Waals surface area contributed by atoms with E-state index in [2.05, 4.69) is 51.0 Å². The van der Waals surface area contributed by atoms with Crippen LogP contribution < -0.4 is 0 Å². The van der Waals surface area contributed by atoms with Crippen molar-refractivity contribution in [1.29, 1.82) is 5.41 Å². The van der Waals surface area contributed by atoms with Gasteiger partial charge in [0, 0.05) is 5.71 Å². The highest BCUT2D eigenvalue weighted by Crippen LogP contribution is 2.35. The second-order valence-corrected chi connectivity index (χ2v) is 7.52. The van der Waals surface area contributed by atoms with Crippen LogP contribution in [0.15, 0.2) is 48.1 Å². The van der Waals surface area contributed by atoms with Gasteiger partial charge in [0.15, 0.2) is 0 Å². The van der Waals surface area contributed by atoms with Crippen molar-refractivity contribution in [2.24, 2.45) is 17.8 Å². The summed E-state index contributed by atoms with van der Waals surface area (Å²) >= 11 is 0. The Kier molecular flexibility index (Phi) is 9.28. The Labute approximate surface area is 155 Å². The third kappa shape index (κ3) is 8.73. The molecule has 0 aromatic carbocycles. The number of nitrogens with one attached hydrogen (secondary N) is 1. The lowest BCUT2D eigenvalue weighted by Crippen LogP contribution is -2.10. The van der Waals surface area contributed by atoms with Crippen molar-refractivity contribution in [2.45, 2.75) is 66.2 Å². The molecule has 2 unspecified atom stereocenters. The van der Waals surface area contributed by atoms with E-state index in [0.717, 1.165) is 37.0 Å². The second kappa shape index (κ2) is 10.9. The van der Waals surface area contributed by atoms with Crippen molar-refractivity contribution in [3.8, 4) is 11.8 Å². The number of allylic oxidation sites excluding steroid dienone is 6. The Morgan fingerprint density at radius 2 is 1.88 bits per heavy atom. The van der Waals surface area contributed by atoms with Gasteiger partial charge in [-0.15, -0.1) is 0 Å². The van der Waals surface area contributed by atoms with Gasteiger partial charge in [0.2, 0.25) is 0 Å². The smallest absolute Gasteiger partial charge is 0.0593 e. The molecular formula is C24H35N. The second-order valence-electron chi connectivity index (χ2n) is 7.52. The third-order valence-corrected chi connectivity index (χ3v) is 4.84. The van der Waals surface area contributed by atoms with Gasteiger partial charge in [0.1, 0.15) is 0 Å². The van der Waals surface area contributed by atoms with Gasteiger partial charge in [-0.25, -0.2) is 0 Å². The van der Waals surface area contributed by atoms with Crippen LogP contribution in [0.25, 0.3) is 0 Å². The number of hydrogen-bond acceptors (Lipinski definition) is 1. The van der Waals surface area contributed by atoms with Crippen molar-refractivity contribution in [2.75, 3.05) is 0 Å². The molecule has 25 heavy (non-hydrogen) atoms. The zero-order valence-corrected chi connectivity index (χ0v) is 16.6. The van der Waals surface area contributed by atoms with E-state index >= 15 is 0 Å². The minimum absolute atomic E-state index is 0.101. The fourth-order valence-corrected chi connectivity index (χ4v) is 2.88. The van der Waals surface area contributed by atoms with Gasteiger partial charge < -0.3 is 5.41 Å². The SMILES string of the molecule is C=C(C)C(C#C/C=C\C(=C)C1CC1)/C=C(/C)CCC(CCC)C(C)=N. The molecule has 1 nitrogen and oxygen atoms in total. The summed E-state index contributed by atoms with van der Waals surface area (Å²) in [5, 5.41) is 7.92. The molecule has 0 radical (unpaired) electrons. The molecule has 1 saturated carbocycles.